The van der Waals surface area contributed by atoms with Crippen LogP contribution in [0, 0.1) is 4.91 Å². The topological polar surface area (TPSA) is 41.9 Å². The molecule has 1 aliphatic heterocycles. The maximum atomic E-state index is 9.76. The Bertz CT molecular complexity index is 92.0. The minimum atomic E-state index is 0.229. The summed E-state index contributed by atoms with van der Waals surface area (Å²) in [5, 5.41) is 4.09. The van der Waals surface area contributed by atoms with Crippen LogP contribution >= 0.6 is 0 Å². The normalized spacial score (nSPS) is 19.6. The van der Waals surface area contributed by atoms with E-state index in [1.165, 1.54) is 5.01 Å². The lowest BCUT2D eigenvalue weighted by Gasteiger charge is -2.29. The molecule has 0 N–H and O–H groups in total. The highest BCUT2D eigenvalue weighted by Crippen LogP contribution is 2.06. The molecule has 46 valence electrons. The molecule has 0 bridgehead atoms. The Morgan fingerprint density at radius 3 is 2.50 bits per heavy atom. The lowest BCUT2D eigenvalue weighted by Crippen LogP contribution is -2.44. The van der Waals surface area contributed by atoms with Gasteiger partial charge in [-0.1, -0.05) is 0 Å². The van der Waals surface area contributed by atoms with Gasteiger partial charge in [0, 0.05) is 7.05 Å². The van der Waals surface area contributed by atoms with Crippen molar-refractivity contribution < 1.29 is 4.74 Å². The van der Waals surface area contributed by atoms with Crippen LogP contribution in [0.1, 0.15) is 0 Å². The summed E-state index contributed by atoms with van der Waals surface area (Å²) in [6.45, 7) is 1.28. The lowest BCUT2D eigenvalue weighted by atomic mass is 10.3. The molecule has 8 heavy (non-hydrogen) atoms. The molecule has 4 heteroatoms. The number of nitroso groups, excluding NO2 is 1. The zero-order valence-electron chi connectivity index (χ0n) is 4.70. The van der Waals surface area contributed by atoms with E-state index in [9.17, 15) is 4.91 Å². The van der Waals surface area contributed by atoms with Crippen LogP contribution in [0.2, 0.25) is 0 Å². The number of hydrogen-bond donors (Lipinski definition) is 0. The van der Waals surface area contributed by atoms with Crippen LogP contribution in [-0.4, -0.2) is 31.3 Å². The highest BCUT2D eigenvalue weighted by molar-refractivity contribution is 4.71. The Labute approximate surface area is 47.4 Å². The van der Waals surface area contributed by atoms with E-state index in [1.54, 1.807) is 7.05 Å². The quantitative estimate of drug-likeness (QED) is 0.376. The minimum absolute atomic E-state index is 0.229. The Hall–Kier alpha value is -0.640. The van der Waals surface area contributed by atoms with Crippen LogP contribution in [0.3, 0.4) is 0 Å². The van der Waals surface area contributed by atoms with Crippen LogP contribution in [0.5, 0.6) is 0 Å². The Morgan fingerprint density at radius 1 is 1.75 bits per heavy atom. The number of ether oxygens (including phenoxy) is 1. The number of likely N-dealkylation sites (N-methyl/N-ethyl adjacent to an activating group) is 1. The van der Waals surface area contributed by atoms with E-state index in [-0.39, 0.29) is 6.04 Å². The van der Waals surface area contributed by atoms with Crippen LogP contribution in [-0.2, 0) is 4.74 Å². The predicted molar refractivity (Wildman–Crippen MR) is 28.2 cm³/mol. The molecule has 0 spiro atoms. The average Bonchev–Trinajstić information content (AvgIpc) is 1.62. The van der Waals surface area contributed by atoms with Crippen LogP contribution in [0.4, 0.5) is 0 Å². The molecule has 1 fully saturated rings. The van der Waals surface area contributed by atoms with E-state index in [1.807, 2.05) is 0 Å². The lowest BCUT2D eigenvalue weighted by molar-refractivity contribution is -0.0560. The second-order valence-corrected chi connectivity index (χ2v) is 1.85. The van der Waals surface area contributed by atoms with Gasteiger partial charge in [0.2, 0.25) is 0 Å². The molecule has 0 aliphatic carbocycles. The van der Waals surface area contributed by atoms with Crippen molar-refractivity contribution in [2.45, 2.75) is 6.04 Å². The van der Waals surface area contributed by atoms with Gasteiger partial charge in [0.15, 0.2) is 0 Å². The fourth-order valence-corrected chi connectivity index (χ4v) is 0.506. The third-order valence-corrected chi connectivity index (χ3v) is 1.28. The molecule has 0 amide bonds. The summed E-state index contributed by atoms with van der Waals surface area (Å²) in [6, 6.07) is 0.229. The van der Waals surface area contributed by atoms with Crippen molar-refractivity contribution in [3.63, 3.8) is 0 Å². The van der Waals surface area contributed by atoms with Crippen LogP contribution < -0.4 is 0 Å². The third kappa shape index (κ3) is 0.790. The van der Waals surface area contributed by atoms with Crippen molar-refractivity contribution in [2.75, 3.05) is 20.3 Å². The molecule has 0 aromatic heterocycles. The number of nitrogens with zero attached hydrogens (tertiary/aromatic N) is 2. The molecule has 0 aromatic rings. The van der Waals surface area contributed by atoms with E-state index in [2.05, 4.69) is 5.29 Å². The maximum Gasteiger partial charge on any atom is 0.0965 e. The van der Waals surface area contributed by atoms with Gasteiger partial charge >= 0.3 is 0 Å². The van der Waals surface area contributed by atoms with Crippen LogP contribution in [0.15, 0.2) is 5.29 Å². The third-order valence-electron chi connectivity index (χ3n) is 1.28. The molecule has 0 unspecified atom stereocenters. The molecular formula is C4H8N2O2. The molecule has 1 saturated heterocycles. The first kappa shape index (κ1) is 5.50. The van der Waals surface area contributed by atoms with Crippen molar-refractivity contribution in [2.24, 2.45) is 5.29 Å². The molecule has 0 aromatic carbocycles. The first-order valence-electron chi connectivity index (χ1n) is 2.48. The van der Waals surface area contributed by atoms with Gasteiger partial charge in [-0.15, -0.1) is 4.91 Å². The summed E-state index contributed by atoms with van der Waals surface area (Å²) in [6.07, 6.45) is 0. The summed E-state index contributed by atoms with van der Waals surface area (Å²) in [5.41, 5.74) is 0. The van der Waals surface area contributed by atoms with E-state index in [0.29, 0.717) is 13.2 Å². The first-order chi connectivity index (χ1) is 3.84. The summed E-state index contributed by atoms with van der Waals surface area (Å²) in [5.74, 6) is 0. The van der Waals surface area contributed by atoms with Gasteiger partial charge < -0.3 is 4.74 Å². The van der Waals surface area contributed by atoms with E-state index in [4.69, 9.17) is 4.74 Å². The molecule has 1 heterocycles. The Kier molecular flexibility index (Phi) is 1.43. The van der Waals surface area contributed by atoms with E-state index < -0.39 is 0 Å². The second kappa shape index (κ2) is 2.09. The molecule has 0 radical (unpaired) electrons. The SMILES string of the molecule is CN(N=O)C1COC1. The molecule has 0 atom stereocenters. The highest BCUT2D eigenvalue weighted by Gasteiger charge is 2.22. The van der Waals surface area contributed by atoms with Gasteiger partial charge in [-0.2, -0.15) is 0 Å². The van der Waals surface area contributed by atoms with E-state index in [0.717, 1.165) is 0 Å². The summed E-state index contributed by atoms with van der Waals surface area (Å²) in [4.78, 5) is 9.76. The van der Waals surface area contributed by atoms with Gasteiger partial charge in [-0.25, -0.2) is 0 Å². The zero-order valence-corrected chi connectivity index (χ0v) is 4.70. The monoisotopic (exact) mass is 116 g/mol. The summed E-state index contributed by atoms with van der Waals surface area (Å²) < 4.78 is 4.82. The van der Waals surface area contributed by atoms with Gasteiger partial charge in [-0.3, -0.25) is 5.01 Å². The largest absolute Gasteiger partial charge is 0.377 e. The zero-order chi connectivity index (χ0) is 5.98. The average molecular weight is 116 g/mol. The Morgan fingerprint density at radius 2 is 2.38 bits per heavy atom. The van der Waals surface area contributed by atoms with Crippen molar-refractivity contribution in [3.8, 4) is 0 Å². The van der Waals surface area contributed by atoms with Crippen molar-refractivity contribution in [1.29, 1.82) is 0 Å². The predicted octanol–water partition coefficient (Wildman–Crippen LogP) is -0.00160. The summed E-state index contributed by atoms with van der Waals surface area (Å²) >= 11 is 0. The summed E-state index contributed by atoms with van der Waals surface area (Å²) in [7, 11) is 1.65. The van der Waals surface area contributed by atoms with Crippen molar-refractivity contribution in [3.05, 3.63) is 4.91 Å². The molecule has 0 saturated carbocycles. The molecule has 1 rings (SSSR count). The van der Waals surface area contributed by atoms with Crippen LogP contribution in [0.25, 0.3) is 0 Å². The first-order valence-corrected chi connectivity index (χ1v) is 2.48. The van der Waals surface area contributed by atoms with E-state index >= 15 is 0 Å². The van der Waals surface area contributed by atoms with Crippen molar-refractivity contribution in [1.82, 2.24) is 5.01 Å². The number of hydrogen-bond acceptors (Lipinski definition) is 3. The van der Waals surface area contributed by atoms with Crippen molar-refractivity contribution >= 4 is 0 Å². The van der Waals surface area contributed by atoms with Gasteiger partial charge in [0.25, 0.3) is 0 Å². The highest BCUT2D eigenvalue weighted by atomic mass is 16.5. The van der Waals surface area contributed by atoms with Gasteiger partial charge in [0.05, 0.1) is 24.5 Å². The standard InChI is InChI=1S/C4H8N2O2/c1-6(5-7)4-2-8-3-4/h4H,2-3H2,1H3. The number of rotatable bonds is 2. The van der Waals surface area contributed by atoms with Gasteiger partial charge in [0.1, 0.15) is 0 Å². The molecule has 1 aliphatic rings. The second-order valence-electron chi connectivity index (χ2n) is 1.85. The smallest absolute Gasteiger partial charge is 0.0965 e. The minimum Gasteiger partial charge on any atom is -0.377 e. The van der Waals surface area contributed by atoms with Gasteiger partial charge in [-0.05, 0) is 0 Å². The maximum absolute atomic E-state index is 9.76. The fourth-order valence-electron chi connectivity index (χ4n) is 0.506. The molecule has 4 nitrogen and oxygen atoms in total. The fraction of sp³-hybridized carbons (Fsp3) is 1.00. The Balaban J connectivity index is 2.22. The molecular weight excluding hydrogens is 108 g/mol.